The minimum atomic E-state index is 0.342. The summed E-state index contributed by atoms with van der Waals surface area (Å²) in [6.45, 7) is 0. The van der Waals surface area contributed by atoms with Gasteiger partial charge < -0.3 is 10.5 Å². The Bertz CT molecular complexity index is 648. The van der Waals surface area contributed by atoms with E-state index < -0.39 is 0 Å². The molecule has 0 atom stereocenters. The van der Waals surface area contributed by atoms with E-state index in [0.29, 0.717) is 32.2 Å². The molecule has 2 aromatic rings. The topological polar surface area (TPSA) is 47.6 Å². The highest BCUT2D eigenvalue weighted by molar-refractivity contribution is 6.39. The van der Waals surface area contributed by atoms with Crippen molar-refractivity contribution in [3.05, 3.63) is 51.0 Å². The van der Waals surface area contributed by atoms with Crippen LogP contribution in [0, 0.1) is 0 Å². The summed E-state index contributed by atoms with van der Waals surface area (Å²) in [6, 6.07) is 8.60. The number of benzene rings is 2. The van der Waals surface area contributed by atoms with Gasteiger partial charge in [0.2, 0.25) is 0 Å². The van der Waals surface area contributed by atoms with E-state index in [1.165, 1.54) is 0 Å². The van der Waals surface area contributed by atoms with Gasteiger partial charge in [0, 0.05) is 11.8 Å². The molecule has 2 aromatic carbocycles. The van der Waals surface area contributed by atoms with Crippen molar-refractivity contribution in [3.8, 4) is 5.75 Å². The second-order valence-corrected chi connectivity index (χ2v) is 5.19. The average Bonchev–Trinajstić information content (AvgIpc) is 2.43. The molecule has 0 unspecified atom stereocenters. The Morgan fingerprint density at radius 2 is 1.70 bits per heavy atom. The molecule has 0 aliphatic rings. The van der Waals surface area contributed by atoms with Crippen molar-refractivity contribution in [3.63, 3.8) is 0 Å². The number of nitrogen functional groups attached to an aromatic ring is 1. The van der Waals surface area contributed by atoms with Crippen LogP contribution in [-0.4, -0.2) is 13.3 Å². The smallest absolute Gasteiger partial charge is 0.120 e. The normalized spacial score (nSPS) is 11.0. The molecule has 0 bridgehead atoms. The first-order valence-corrected chi connectivity index (χ1v) is 6.77. The Labute approximate surface area is 131 Å². The Morgan fingerprint density at radius 3 is 2.25 bits per heavy atom. The van der Waals surface area contributed by atoms with Gasteiger partial charge in [-0.2, -0.15) is 0 Å². The van der Waals surface area contributed by atoms with Gasteiger partial charge >= 0.3 is 0 Å². The highest BCUT2D eigenvalue weighted by atomic mass is 35.5. The summed E-state index contributed by atoms with van der Waals surface area (Å²) in [4.78, 5) is 4.28. The largest absolute Gasteiger partial charge is 0.497 e. The van der Waals surface area contributed by atoms with Crippen molar-refractivity contribution in [2.45, 2.75) is 0 Å². The summed E-state index contributed by atoms with van der Waals surface area (Å²) in [5.74, 6) is 0.686. The lowest BCUT2D eigenvalue weighted by Gasteiger charge is -2.04. The summed E-state index contributed by atoms with van der Waals surface area (Å²) in [5, 5.41) is 1.27. The Morgan fingerprint density at radius 1 is 1.05 bits per heavy atom. The predicted octanol–water partition coefficient (Wildman–Crippen LogP) is 4.99. The molecule has 2 N–H and O–H groups in total. The van der Waals surface area contributed by atoms with E-state index in [-0.39, 0.29) is 0 Å². The molecule has 20 heavy (non-hydrogen) atoms. The average molecular weight is 330 g/mol. The number of rotatable bonds is 3. The van der Waals surface area contributed by atoms with Gasteiger partial charge in [0.25, 0.3) is 0 Å². The Balaban J connectivity index is 2.30. The molecular formula is C14H11Cl3N2O. The minimum Gasteiger partial charge on any atom is -0.497 e. The molecule has 0 saturated carbocycles. The van der Waals surface area contributed by atoms with Gasteiger partial charge in [-0.1, -0.05) is 34.8 Å². The lowest BCUT2D eigenvalue weighted by Crippen LogP contribution is -1.88. The van der Waals surface area contributed by atoms with E-state index in [0.717, 1.165) is 5.56 Å². The fourth-order valence-corrected chi connectivity index (χ4v) is 2.22. The number of ether oxygens (including phenoxy) is 1. The molecule has 0 aromatic heterocycles. The van der Waals surface area contributed by atoms with E-state index in [2.05, 4.69) is 4.99 Å². The molecule has 2 rings (SSSR count). The molecule has 6 heteroatoms. The van der Waals surface area contributed by atoms with Crippen LogP contribution in [0.1, 0.15) is 5.56 Å². The number of methoxy groups -OCH3 is 1. The lowest BCUT2D eigenvalue weighted by atomic mass is 10.2. The maximum absolute atomic E-state index is 6.12. The quantitative estimate of drug-likeness (QED) is 0.637. The molecule has 3 nitrogen and oxygen atoms in total. The van der Waals surface area contributed by atoms with Crippen molar-refractivity contribution in [2.24, 2.45) is 4.99 Å². The maximum atomic E-state index is 6.12. The Hall–Kier alpha value is -1.42. The highest BCUT2D eigenvalue weighted by Crippen LogP contribution is 2.32. The summed E-state index contributed by atoms with van der Waals surface area (Å²) < 4.78 is 5.08. The van der Waals surface area contributed by atoms with Crippen LogP contribution in [0.3, 0.4) is 0 Å². The Kier molecular flexibility index (Phi) is 4.76. The van der Waals surface area contributed by atoms with Crippen molar-refractivity contribution in [2.75, 3.05) is 12.8 Å². The molecule has 0 aliphatic carbocycles. The minimum absolute atomic E-state index is 0.342. The predicted molar refractivity (Wildman–Crippen MR) is 86.1 cm³/mol. The maximum Gasteiger partial charge on any atom is 0.120 e. The summed E-state index contributed by atoms with van der Waals surface area (Å²) >= 11 is 18.0. The van der Waals surface area contributed by atoms with Crippen LogP contribution in [0.2, 0.25) is 15.1 Å². The van der Waals surface area contributed by atoms with Gasteiger partial charge in [-0.15, -0.1) is 0 Å². The van der Waals surface area contributed by atoms with Gasteiger partial charge in [0.05, 0.1) is 33.6 Å². The molecule has 0 spiro atoms. The third-order valence-electron chi connectivity index (χ3n) is 2.62. The summed E-state index contributed by atoms with van der Waals surface area (Å²) in [7, 11) is 1.58. The van der Waals surface area contributed by atoms with E-state index in [1.54, 1.807) is 37.6 Å². The third-order valence-corrected chi connectivity index (χ3v) is 3.58. The number of anilines is 1. The first-order chi connectivity index (χ1) is 9.51. The monoisotopic (exact) mass is 328 g/mol. The zero-order valence-corrected chi connectivity index (χ0v) is 12.8. The van der Waals surface area contributed by atoms with Crippen molar-refractivity contribution in [1.82, 2.24) is 0 Å². The molecular weight excluding hydrogens is 319 g/mol. The van der Waals surface area contributed by atoms with Gasteiger partial charge in [-0.05, 0) is 30.3 Å². The van der Waals surface area contributed by atoms with Gasteiger partial charge in [-0.25, -0.2) is 0 Å². The number of hydrogen-bond acceptors (Lipinski definition) is 3. The van der Waals surface area contributed by atoms with E-state index in [1.807, 2.05) is 6.07 Å². The first-order valence-electron chi connectivity index (χ1n) is 5.63. The molecule has 0 amide bonds. The fourth-order valence-electron chi connectivity index (χ4n) is 1.53. The molecule has 0 aliphatic heterocycles. The molecule has 0 heterocycles. The zero-order valence-electron chi connectivity index (χ0n) is 10.5. The van der Waals surface area contributed by atoms with Crippen LogP contribution in [0.25, 0.3) is 0 Å². The number of nitrogens with zero attached hydrogens (tertiary/aromatic N) is 1. The lowest BCUT2D eigenvalue weighted by molar-refractivity contribution is 0.415. The third kappa shape index (κ3) is 3.37. The van der Waals surface area contributed by atoms with Crippen molar-refractivity contribution < 1.29 is 4.74 Å². The zero-order chi connectivity index (χ0) is 14.7. The standard InChI is InChI=1S/C14H11Cl3N2O/c1-20-10-3-2-8(11(15)6-10)7-19-9-4-12(16)14(18)13(17)5-9/h2-7H,18H2,1H3. The van der Waals surface area contributed by atoms with E-state index in [9.17, 15) is 0 Å². The van der Waals surface area contributed by atoms with Crippen LogP contribution in [0.4, 0.5) is 11.4 Å². The van der Waals surface area contributed by atoms with Crippen LogP contribution in [0.5, 0.6) is 5.75 Å². The summed E-state index contributed by atoms with van der Waals surface area (Å²) in [5.41, 5.74) is 7.36. The first kappa shape index (κ1) is 15.0. The molecule has 0 fully saturated rings. The van der Waals surface area contributed by atoms with Crippen molar-refractivity contribution >= 4 is 52.4 Å². The second-order valence-electron chi connectivity index (χ2n) is 3.97. The second kappa shape index (κ2) is 6.35. The van der Waals surface area contributed by atoms with Crippen molar-refractivity contribution in [1.29, 1.82) is 0 Å². The van der Waals surface area contributed by atoms with Gasteiger partial charge in [0.1, 0.15) is 5.75 Å². The number of aliphatic imine (C=N–C) groups is 1. The van der Waals surface area contributed by atoms with Crippen LogP contribution in [0.15, 0.2) is 35.3 Å². The highest BCUT2D eigenvalue weighted by Gasteiger charge is 2.04. The fraction of sp³-hybridized carbons (Fsp3) is 0.0714. The van der Waals surface area contributed by atoms with Crippen LogP contribution < -0.4 is 10.5 Å². The molecule has 0 saturated heterocycles. The number of nitrogens with two attached hydrogens (primary N) is 1. The molecule has 0 radical (unpaired) electrons. The number of hydrogen-bond donors (Lipinski definition) is 1. The SMILES string of the molecule is COc1ccc(C=Nc2cc(Cl)c(N)c(Cl)c2)c(Cl)c1. The van der Waals surface area contributed by atoms with Crippen LogP contribution in [-0.2, 0) is 0 Å². The molecule has 104 valence electrons. The van der Waals surface area contributed by atoms with Crippen LogP contribution >= 0.6 is 34.8 Å². The van der Waals surface area contributed by atoms with E-state index in [4.69, 9.17) is 45.3 Å². The van der Waals surface area contributed by atoms with Gasteiger partial charge in [0.15, 0.2) is 0 Å². The summed E-state index contributed by atoms with van der Waals surface area (Å²) in [6.07, 6.45) is 1.62. The van der Waals surface area contributed by atoms with E-state index >= 15 is 0 Å². The number of halogens is 3. The van der Waals surface area contributed by atoms with Gasteiger partial charge in [-0.3, -0.25) is 4.99 Å².